The van der Waals surface area contributed by atoms with Crippen LogP contribution < -0.4 is 5.32 Å². The number of amides is 1. The lowest BCUT2D eigenvalue weighted by atomic mass is 10.0. The van der Waals surface area contributed by atoms with Crippen LogP contribution in [0.3, 0.4) is 0 Å². The van der Waals surface area contributed by atoms with Gasteiger partial charge in [-0.3, -0.25) is 4.79 Å². The third-order valence-electron chi connectivity index (χ3n) is 2.74. The maximum absolute atomic E-state index is 12.0. The van der Waals surface area contributed by atoms with E-state index < -0.39 is 17.7 Å². The summed E-state index contributed by atoms with van der Waals surface area (Å²) < 4.78 is 15.7. The van der Waals surface area contributed by atoms with Gasteiger partial charge in [0.2, 0.25) is 5.89 Å². The number of hydrogen-bond acceptors (Lipinski definition) is 8. The van der Waals surface area contributed by atoms with Gasteiger partial charge in [0.05, 0.1) is 6.61 Å². The fourth-order valence-electron chi connectivity index (χ4n) is 1.89. The Balaban J connectivity index is 2.73. The molecule has 0 saturated carbocycles. The zero-order valence-corrected chi connectivity index (χ0v) is 16.4. The van der Waals surface area contributed by atoms with E-state index in [4.69, 9.17) is 13.9 Å². The van der Waals surface area contributed by atoms with Crippen molar-refractivity contribution in [2.45, 2.75) is 64.8 Å². The van der Waals surface area contributed by atoms with Gasteiger partial charge in [-0.15, -0.1) is 10.2 Å². The molecule has 1 rings (SSSR count). The molecule has 1 amide bonds. The summed E-state index contributed by atoms with van der Waals surface area (Å²) in [4.78, 5) is 23.4. The largest absolute Gasteiger partial charge is 0.465 e. The molecule has 142 valence electrons. The van der Waals surface area contributed by atoms with Crippen LogP contribution in [0.5, 0.6) is 0 Å². The molecule has 1 aromatic heterocycles. The molecule has 0 unspecified atom stereocenters. The molecule has 1 atom stereocenters. The van der Waals surface area contributed by atoms with Crippen molar-refractivity contribution in [3.05, 3.63) is 5.89 Å². The van der Waals surface area contributed by atoms with Crippen molar-refractivity contribution in [1.82, 2.24) is 15.5 Å². The minimum absolute atomic E-state index is 0.0871. The molecule has 8 nitrogen and oxygen atoms in total. The number of thioether (sulfide) groups is 1. The average molecular weight is 373 g/mol. The van der Waals surface area contributed by atoms with Crippen LogP contribution in [0.15, 0.2) is 9.64 Å². The SMILES string of the molecule is CCOC(=O)CSc1nnc([C@H](CC(C)C)NC(=O)OC(C)(C)C)o1. The van der Waals surface area contributed by atoms with Gasteiger partial charge in [-0.2, -0.15) is 0 Å². The molecule has 25 heavy (non-hydrogen) atoms. The van der Waals surface area contributed by atoms with Crippen LogP contribution in [0.2, 0.25) is 0 Å². The highest BCUT2D eigenvalue weighted by atomic mass is 32.2. The lowest BCUT2D eigenvalue weighted by Crippen LogP contribution is -2.35. The Morgan fingerprint density at radius 3 is 2.52 bits per heavy atom. The molecule has 0 aliphatic heterocycles. The molecule has 0 bridgehead atoms. The summed E-state index contributed by atoms with van der Waals surface area (Å²) in [6, 6.07) is -0.459. The van der Waals surface area contributed by atoms with Crippen LogP contribution in [0, 0.1) is 5.92 Å². The number of nitrogens with one attached hydrogen (secondary N) is 1. The van der Waals surface area contributed by atoms with Gasteiger partial charge < -0.3 is 19.2 Å². The van der Waals surface area contributed by atoms with E-state index in [0.717, 1.165) is 11.8 Å². The second-order valence-electron chi connectivity index (χ2n) is 6.83. The third-order valence-corrected chi connectivity index (χ3v) is 3.53. The number of aromatic nitrogens is 2. The van der Waals surface area contributed by atoms with Gasteiger partial charge in [-0.25, -0.2) is 4.79 Å². The third kappa shape index (κ3) is 8.76. The summed E-state index contributed by atoms with van der Waals surface area (Å²) in [5, 5.41) is 10.9. The van der Waals surface area contributed by atoms with Crippen molar-refractivity contribution in [1.29, 1.82) is 0 Å². The highest BCUT2D eigenvalue weighted by Crippen LogP contribution is 2.24. The van der Waals surface area contributed by atoms with E-state index in [0.29, 0.717) is 18.9 Å². The van der Waals surface area contributed by atoms with E-state index in [9.17, 15) is 9.59 Å². The molecular weight excluding hydrogens is 346 g/mol. The fourth-order valence-corrected chi connectivity index (χ4v) is 2.45. The Labute approximate surface area is 152 Å². The van der Waals surface area contributed by atoms with Crippen LogP contribution in [0.1, 0.15) is 59.9 Å². The summed E-state index contributed by atoms with van der Waals surface area (Å²) >= 11 is 1.10. The molecule has 0 fully saturated rings. The maximum Gasteiger partial charge on any atom is 0.408 e. The first kappa shape index (κ1) is 21.3. The number of hydrogen-bond donors (Lipinski definition) is 1. The fraction of sp³-hybridized carbons (Fsp3) is 0.750. The Bertz CT molecular complexity index is 568. The van der Waals surface area contributed by atoms with Crippen molar-refractivity contribution in [2.75, 3.05) is 12.4 Å². The normalized spacial score (nSPS) is 12.8. The van der Waals surface area contributed by atoms with Gasteiger partial charge in [0.15, 0.2) is 0 Å². The van der Waals surface area contributed by atoms with Crippen LogP contribution in [-0.4, -0.2) is 40.2 Å². The van der Waals surface area contributed by atoms with E-state index in [2.05, 4.69) is 15.5 Å². The van der Waals surface area contributed by atoms with Crippen molar-refractivity contribution in [3.8, 4) is 0 Å². The number of rotatable bonds is 8. The average Bonchev–Trinajstić information content (AvgIpc) is 2.91. The first-order valence-electron chi connectivity index (χ1n) is 8.22. The highest BCUT2D eigenvalue weighted by molar-refractivity contribution is 7.99. The monoisotopic (exact) mass is 373 g/mol. The standard InChI is InChI=1S/C16H27N3O5S/c1-7-22-12(20)9-25-15-19-18-13(23-15)11(8-10(2)3)17-14(21)24-16(4,5)6/h10-11H,7-9H2,1-6H3,(H,17,21)/t11-/m0/s1. The zero-order valence-electron chi connectivity index (χ0n) is 15.6. The molecule has 1 heterocycles. The van der Waals surface area contributed by atoms with Crippen molar-refractivity contribution >= 4 is 23.8 Å². The quantitative estimate of drug-likeness (QED) is 0.546. The molecule has 0 saturated heterocycles. The lowest BCUT2D eigenvalue weighted by Gasteiger charge is -2.22. The second-order valence-corrected chi connectivity index (χ2v) is 7.75. The zero-order chi connectivity index (χ0) is 19.0. The van der Waals surface area contributed by atoms with Crippen LogP contribution in [-0.2, 0) is 14.3 Å². The van der Waals surface area contributed by atoms with Crippen molar-refractivity contribution in [2.24, 2.45) is 5.92 Å². The topological polar surface area (TPSA) is 104 Å². The molecule has 0 aromatic carbocycles. The summed E-state index contributed by atoms with van der Waals surface area (Å²) in [5.41, 5.74) is -0.595. The van der Waals surface area contributed by atoms with Gasteiger partial charge in [0, 0.05) is 0 Å². The Hall–Kier alpha value is -1.77. The molecule has 0 spiro atoms. The molecule has 0 aliphatic carbocycles. The minimum atomic E-state index is -0.595. The summed E-state index contributed by atoms with van der Waals surface area (Å²) in [6.45, 7) is 11.5. The number of nitrogens with zero attached hydrogens (tertiary/aromatic N) is 2. The Morgan fingerprint density at radius 1 is 1.28 bits per heavy atom. The van der Waals surface area contributed by atoms with Gasteiger partial charge in [0.1, 0.15) is 17.4 Å². The highest BCUT2D eigenvalue weighted by Gasteiger charge is 2.25. The smallest absolute Gasteiger partial charge is 0.408 e. The number of esters is 1. The Morgan fingerprint density at radius 2 is 1.96 bits per heavy atom. The van der Waals surface area contributed by atoms with Gasteiger partial charge in [0.25, 0.3) is 5.22 Å². The van der Waals surface area contributed by atoms with Gasteiger partial charge >= 0.3 is 12.1 Å². The summed E-state index contributed by atoms with van der Waals surface area (Å²) in [7, 11) is 0. The first-order chi connectivity index (χ1) is 11.6. The van der Waals surface area contributed by atoms with Crippen LogP contribution >= 0.6 is 11.8 Å². The lowest BCUT2D eigenvalue weighted by molar-refractivity contribution is -0.139. The van der Waals surface area contributed by atoms with Gasteiger partial charge in [-0.05, 0) is 40.0 Å². The van der Waals surface area contributed by atoms with Crippen LogP contribution in [0.4, 0.5) is 4.79 Å². The molecule has 1 aromatic rings. The molecule has 1 N–H and O–H groups in total. The van der Waals surface area contributed by atoms with E-state index in [1.165, 1.54) is 0 Å². The Kier molecular flexibility index (Phi) is 8.21. The molecule has 0 aliphatic rings. The molecular formula is C16H27N3O5S. The minimum Gasteiger partial charge on any atom is -0.465 e. The number of carbonyl (C=O) groups is 2. The van der Waals surface area contributed by atoms with Gasteiger partial charge in [-0.1, -0.05) is 25.6 Å². The van der Waals surface area contributed by atoms with E-state index in [1.807, 2.05) is 13.8 Å². The predicted molar refractivity (Wildman–Crippen MR) is 93.2 cm³/mol. The van der Waals surface area contributed by atoms with Crippen molar-refractivity contribution in [3.63, 3.8) is 0 Å². The predicted octanol–water partition coefficient (Wildman–Crippen LogP) is 3.34. The number of ether oxygens (including phenoxy) is 2. The number of carbonyl (C=O) groups excluding carboxylic acids is 2. The number of alkyl carbamates (subject to hydrolysis) is 1. The summed E-state index contributed by atoms with van der Waals surface area (Å²) in [5.74, 6) is 0.315. The molecule has 9 heteroatoms. The summed E-state index contributed by atoms with van der Waals surface area (Å²) in [6.07, 6.45) is 0.0701. The van der Waals surface area contributed by atoms with E-state index in [-0.39, 0.29) is 22.8 Å². The van der Waals surface area contributed by atoms with E-state index >= 15 is 0 Å². The van der Waals surface area contributed by atoms with Crippen molar-refractivity contribution < 1.29 is 23.5 Å². The molecule has 0 radical (unpaired) electrons. The first-order valence-corrected chi connectivity index (χ1v) is 9.20. The van der Waals surface area contributed by atoms with E-state index in [1.54, 1.807) is 27.7 Å². The maximum atomic E-state index is 12.0. The second kappa shape index (κ2) is 9.65. The van der Waals surface area contributed by atoms with Crippen LogP contribution in [0.25, 0.3) is 0 Å².